The minimum Gasteiger partial charge on any atom is -0.358 e. The Morgan fingerprint density at radius 3 is 2.50 bits per heavy atom. The Morgan fingerprint density at radius 2 is 1.94 bits per heavy atom. The van der Waals surface area contributed by atoms with E-state index in [-0.39, 0.29) is 0 Å². The Morgan fingerprint density at radius 1 is 1.25 bits per heavy atom. The predicted octanol–water partition coefficient (Wildman–Crippen LogP) is 4.47. The lowest BCUT2D eigenvalue weighted by molar-refractivity contribution is 0.873. The molecule has 1 aromatic carbocycles. The summed E-state index contributed by atoms with van der Waals surface area (Å²) >= 11 is 5.76. The Kier molecular flexibility index (Phi) is 2.85. The van der Waals surface area contributed by atoms with Crippen molar-refractivity contribution < 1.29 is 0 Å². The third kappa shape index (κ3) is 1.57. The van der Waals surface area contributed by atoms with Crippen LogP contribution in [0.5, 0.6) is 0 Å². The summed E-state index contributed by atoms with van der Waals surface area (Å²) in [6.45, 7) is 8.62. The van der Waals surface area contributed by atoms with Gasteiger partial charge in [-0.1, -0.05) is 19.9 Å². The smallest absolute Gasteiger partial charge is 0.0588 e. The summed E-state index contributed by atoms with van der Waals surface area (Å²) in [5.74, 6) is 0.504. The minimum atomic E-state index is 0.504. The van der Waals surface area contributed by atoms with Gasteiger partial charge in [-0.05, 0) is 37.0 Å². The van der Waals surface area contributed by atoms with E-state index in [4.69, 9.17) is 11.8 Å². The molecule has 0 aliphatic heterocycles. The summed E-state index contributed by atoms with van der Waals surface area (Å²) < 4.78 is 0. The van der Waals surface area contributed by atoms with Crippen LogP contribution in [0.3, 0.4) is 0 Å². The summed E-state index contributed by atoms with van der Waals surface area (Å²) in [5, 5.41) is 1.21. The highest BCUT2D eigenvalue weighted by molar-refractivity contribution is 6.26. The van der Waals surface area contributed by atoms with Crippen molar-refractivity contribution in [1.82, 2.24) is 4.98 Å². The molecule has 0 atom stereocenters. The lowest BCUT2D eigenvalue weighted by Crippen LogP contribution is -1.91. The van der Waals surface area contributed by atoms with Gasteiger partial charge in [0.05, 0.1) is 11.2 Å². The molecule has 1 aromatic heterocycles. The van der Waals surface area contributed by atoms with Crippen molar-refractivity contribution >= 4 is 28.4 Å². The van der Waals surface area contributed by atoms with E-state index in [1.165, 1.54) is 27.7 Å². The molecule has 2 nitrogen and oxygen atoms in total. The van der Waals surface area contributed by atoms with Crippen molar-refractivity contribution in [2.24, 2.45) is 0 Å². The number of rotatable bonds is 2. The first kappa shape index (κ1) is 11.3. The van der Waals surface area contributed by atoms with E-state index in [0.29, 0.717) is 5.92 Å². The number of benzene rings is 1. The van der Waals surface area contributed by atoms with Crippen molar-refractivity contribution in [1.29, 1.82) is 0 Å². The number of H-pyrrole nitrogens is 1. The molecule has 0 unspecified atom stereocenters. The van der Waals surface area contributed by atoms with Gasteiger partial charge in [0.2, 0.25) is 0 Å². The standard InChI is InChI=1S/C13H17ClN2/c1-7(2)10-5-6-11(16-14)12-8(3)9(4)15-13(10)12/h5-7,15-16H,1-4H3. The number of aromatic amines is 1. The second-order valence-corrected chi connectivity index (χ2v) is 4.77. The van der Waals surface area contributed by atoms with Crippen LogP contribution in [-0.4, -0.2) is 4.98 Å². The van der Waals surface area contributed by atoms with Crippen LogP contribution in [0.4, 0.5) is 5.69 Å². The Balaban J connectivity index is 2.85. The van der Waals surface area contributed by atoms with Crippen LogP contribution in [0.2, 0.25) is 0 Å². The van der Waals surface area contributed by atoms with E-state index in [2.05, 4.69) is 43.6 Å². The molecule has 0 aliphatic rings. The Hall–Kier alpha value is -1.15. The van der Waals surface area contributed by atoms with Crippen LogP contribution in [0.25, 0.3) is 10.9 Å². The molecule has 0 aliphatic carbocycles. The first-order valence-corrected chi connectivity index (χ1v) is 5.92. The normalized spacial score (nSPS) is 11.4. The van der Waals surface area contributed by atoms with E-state index < -0.39 is 0 Å². The number of fused-ring (bicyclic) bond motifs is 1. The van der Waals surface area contributed by atoms with E-state index in [9.17, 15) is 0 Å². The Bertz CT molecular complexity index is 526. The highest BCUT2D eigenvalue weighted by Gasteiger charge is 2.13. The number of hydrogen-bond acceptors (Lipinski definition) is 1. The van der Waals surface area contributed by atoms with Crippen LogP contribution >= 0.6 is 11.8 Å². The van der Waals surface area contributed by atoms with Crippen molar-refractivity contribution in [3.05, 3.63) is 29.0 Å². The first-order chi connectivity index (χ1) is 7.56. The highest BCUT2D eigenvalue weighted by Crippen LogP contribution is 2.34. The van der Waals surface area contributed by atoms with E-state index in [0.717, 1.165) is 5.69 Å². The average molecular weight is 237 g/mol. The first-order valence-electron chi connectivity index (χ1n) is 5.54. The third-order valence-corrected chi connectivity index (χ3v) is 3.41. The zero-order chi connectivity index (χ0) is 11.9. The maximum absolute atomic E-state index is 5.76. The van der Waals surface area contributed by atoms with E-state index >= 15 is 0 Å². The monoisotopic (exact) mass is 236 g/mol. The molecule has 0 saturated heterocycles. The second kappa shape index (κ2) is 4.02. The third-order valence-electron chi connectivity index (χ3n) is 3.21. The Labute approximate surface area is 101 Å². The van der Waals surface area contributed by atoms with Gasteiger partial charge in [-0.3, -0.25) is 4.84 Å². The quantitative estimate of drug-likeness (QED) is 0.740. The molecule has 3 heteroatoms. The summed E-state index contributed by atoms with van der Waals surface area (Å²) in [5.41, 5.74) is 5.98. The summed E-state index contributed by atoms with van der Waals surface area (Å²) in [7, 11) is 0. The number of aromatic nitrogens is 1. The lowest BCUT2D eigenvalue weighted by atomic mass is 9.98. The molecular weight excluding hydrogens is 220 g/mol. The molecule has 2 rings (SSSR count). The molecule has 0 fully saturated rings. The van der Waals surface area contributed by atoms with Gasteiger partial charge in [0.1, 0.15) is 0 Å². The summed E-state index contributed by atoms with van der Waals surface area (Å²) in [4.78, 5) is 6.20. The van der Waals surface area contributed by atoms with Gasteiger partial charge in [-0.15, -0.1) is 0 Å². The molecule has 2 aromatic rings. The molecular formula is C13H17ClN2. The fourth-order valence-electron chi connectivity index (χ4n) is 2.17. The molecule has 0 amide bonds. The van der Waals surface area contributed by atoms with Gasteiger partial charge in [0, 0.05) is 22.9 Å². The van der Waals surface area contributed by atoms with E-state index in [1.807, 2.05) is 6.07 Å². The lowest BCUT2D eigenvalue weighted by Gasteiger charge is -2.10. The number of aryl methyl sites for hydroxylation is 2. The van der Waals surface area contributed by atoms with Crippen LogP contribution < -0.4 is 4.84 Å². The summed E-state index contributed by atoms with van der Waals surface area (Å²) in [6.07, 6.45) is 0. The van der Waals surface area contributed by atoms with Crippen molar-refractivity contribution in [3.63, 3.8) is 0 Å². The van der Waals surface area contributed by atoms with Gasteiger partial charge in [-0.25, -0.2) is 0 Å². The van der Waals surface area contributed by atoms with Crippen molar-refractivity contribution in [2.45, 2.75) is 33.6 Å². The van der Waals surface area contributed by atoms with Gasteiger partial charge >= 0.3 is 0 Å². The molecule has 0 bridgehead atoms. The fourth-order valence-corrected chi connectivity index (χ4v) is 2.33. The van der Waals surface area contributed by atoms with E-state index in [1.54, 1.807) is 0 Å². The number of anilines is 1. The molecule has 1 heterocycles. The van der Waals surface area contributed by atoms with Gasteiger partial charge in [0.25, 0.3) is 0 Å². The van der Waals surface area contributed by atoms with Crippen molar-refractivity contribution in [3.8, 4) is 0 Å². The second-order valence-electron chi connectivity index (χ2n) is 4.58. The molecule has 0 spiro atoms. The van der Waals surface area contributed by atoms with Crippen LogP contribution in [0.1, 0.15) is 36.6 Å². The molecule has 2 N–H and O–H groups in total. The van der Waals surface area contributed by atoms with Gasteiger partial charge < -0.3 is 4.98 Å². The van der Waals surface area contributed by atoms with Crippen molar-refractivity contribution in [2.75, 3.05) is 4.84 Å². The fraction of sp³-hybridized carbons (Fsp3) is 0.385. The number of halogens is 1. The largest absolute Gasteiger partial charge is 0.358 e. The summed E-state index contributed by atoms with van der Waals surface area (Å²) in [6, 6.07) is 4.18. The molecule has 0 saturated carbocycles. The maximum Gasteiger partial charge on any atom is 0.0588 e. The molecule has 16 heavy (non-hydrogen) atoms. The zero-order valence-corrected chi connectivity index (χ0v) is 10.9. The molecule has 86 valence electrons. The topological polar surface area (TPSA) is 27.8 Å². The van der Waals surface area contributed by atoms with Gasteiger partial charge in [0.15, 0.2) is 0 Å². The maximum atomic E-state index is 5.76. The number of nitrogens with one attached hydrogen (secondary N) is 2. The average Bonchev–Trinajstić information content (AvgIpc) is 2.54. The SMILES string of the molecule is Cc1[nH]c2c(C(C)C)ccc(NCl)c2c1C. The van der Waals surface area contributed by atoms with Crippen LogP contribution in [0, 0.1) is 13.8 Å². The highest BCUT2D eigenvalue weighted by atomic mass is 35.5. The number of hydrogen-bond donors (Lipinski definition) is 2. The predicted molar refractivity (Wildman–Crippen MR) is 71.3 cm³/mol. The van der Waals surface area contributed by atoms with Crippen LogP contribution in [0.15, 0.2) is 12.1 Å². The molecule has 0 radical (unpaired) electrons. The minimum absolute atomic E-state index is 0.504. The van der Waals surface area contributed by atoms with Gasteiger partial charge in [-0.2, -0.15) is 0 Å². The van der Waals surface area contributed by atoms with Crippen LogP contribution in [-0.2, 0) is 0 Å². The zero-order valence-electron chi connectivity index (χ0n) is 10.1.